The van der Waals surface area contributed by atoms with Crippen LogP contribution in [0.4, 0.5) is 0 Å². The Labute approximate surface area is 90.5 Å². The fourth-order valence-electron chi connectivity index (χ4n) is 2.77. The Morgan fingerprint density at radius 2 is 1.21 bits per heavy atom. The van der Waals surface area contributed by atoms with Crippen molar-refractivity contribution in [3.63, 3.8) is 0 Å². The van der Waals surface area contributed by atoms with Crippen LogP contribution < -0.4 is 0 Å². The maximum absolute atomic E-state index is 2.50. The third kappa shape index (κ3) is 3.00. The zero-order valence-electron chi connectivity index (χ0n) is 10.8. The molecule has 0 radical (unpaired) electrons. The number of hydrogen-bond acceptors (Lipinski definition) is 0. The molecule has 0 amide bonds. The second-order valence-electron chi connectivity index (χ2n) is 6.68. The van der Waals surface area contributed by atoms with Gasteiger partial charge < -0.3 is 0 Å². The van der Waals surface area contributed by atoms with E-state index in [4.69, 9.17) is 0 Å². The van der Waals surface area contributed by atoms with Crippen molar-refractivity contribution < 1.29 is 0 Å². The van der Waals surface area contributed by atoms with E-state index in [0.29, 0.717) is 10.8 Å². The molecule has 1 aliphatic rings. The summed E-state index contributed by atoms with van der Waals surface area (Å²) in [6, 6.07) is 0. The normalized spacial score (nSPS) is 27.0. The molecule has 1 rings (SSSR count). The van der Waals surface area contributed by atoms with Gasteiger partial charge >= 0.3 is 0 Å². The van der Waals surface area contributed by atoms with Crippen LogP contribution in [0.1, 0.15) is 73.1 Å². The predicted octanol–water partition coefficient (Wildman–Crippen LogP) is 5.03. The van der Waals surface area contributed by atoms with Gasteiger partial charge in [0.15, 0.2) is 0 Å². The van der Waals surface area contributed by atoms with Crippen molar-refractivity contribution in [2.45, 2.75) is 73.1 Å². The van der Waals surface area contributed by atoms with E-state index in [2.05, 4.69) is 34.6 Å². The molecule has 0 saturated heterocycles. The second kappa shape index (κ2) is 4.24. The lowest BCUT2D eigenvalue weighted by Gasteiger charge is -2.39. The topological polar surface area (TPSA) is 0 Å². The van der Waals surface area contributed by atoms with E-state index >= 15 is 0 Å². The summed E-state index contributed by atoms with van der Waals surface area (Å²) in [5.74, 6) is 0.851. The summed E-state index contributed by atoms with van der Waals surface area (Å²) in [6.45, 7) is 12.2. The summed E-state index contributed by atoms with van der Waals surface area (Å²) in [5, 5.41) is 0. The molecule has 0 heterocycles. The van der Waals surface area contributed by atoms with E-state index in [0.717, 1.165) is 5.92 Å². The van der Waals surface area contributed by atoms with Crippen LogP contribution in [0.3, 0.4) is 0 Å². The Morgan fingerprint density at radius 3 is 1.57 bits per heavy atom. The second-order valence-corrected chi connectivity index (χ2v) is 6.68. The van der Waals surface area contributed by atoms with Crippen molar-refractivity contribution in [1.29, 1.82) is 0 Å². The summed E-state index contributed by atoms with van der Waals surface area (Å²) in [5.41, 5.74) is 1.23. The maximum atomic E-state index is 2.50. The van der Waals surface area contributed by atoms with E-state index in [1.54, 1.807) is 0 Å². The van der Waals surface area contributed by atoms with Gasteiger partial charge in [-0.3, -0.25) is 0 Å². The molecule has 84 valence electrons. The molecule has 1 fully saturated rings. The highest BCUT2D eigenvalue weighted by molar-refractivity contribution is 4.82. The molecule has 0 atom stereocenters. The van der Waals surface area contributed by atoms with Gasteiger partial charge in [-0.25, -0.2) is 0 Å². The highest BCUT2D eigenvalue weighted by Gasteiger charge is 2.31. The van der Waals surface area contributed by atoms with Crippen molar-refractivity contribution in [3.05, 3.63) is 0 Å². The first-order chi connectivity index (χ1) is 6.36. The molecule has 0 N–H and O–H groups in total. The first-order valence-corrected chi connectivity index (χ1v) is 6.36. The van der Waals surface area contributed by atoms with Gasteiger partial charge in [0, 0.05) is 0 Å². The minimum absolute atomic E-state index is 0.609. The van der Waals surface area contributed by atoms with Crippen molar-refractivity contribution >= 4 is 0 Å². The number of rotatable bonds is 1. The average Bonchev–Trinajstić information content (AvgIpc) is 2.00. The van der Waals surface area contributed by atoms with Gasteiger partial charge in [-0.05, 0) is 42.4 Å². The largest absolute Gasteiger partial charge is 0.0623 e. The molecule has 0 nitrogen and oxygen atoms in total. The van der Waals surface area contributed by atoms with E-state index in [1.165, 1.54) is 38.5 Å². The predicted molar refractivity (Wildman–Crippen MR) is 64.4 cm³/mol. The van der Waals surface area contributed by atoms with Crippen LogP contribution in [0.25, 0.3) is 0 Å². The van der Waals surface area contributed by atoms with Crippen LogP contribution in [0.15, 0.2) is 0 Å². The summed E-state index contributed by atoms with van der Waals surface area (Å²) < 4.78 is 0. The highest BCUT2D eigenvalue weighted by Crippen LogP contribution is 2.43. The lowest BCUT2D eigenvalue weighted by Crippen LogP contribution is -2.27. The van der Waals surface area contributed by atoms with E-state index in [1.807, 2.05) is 0 Å². The van der Waals surface area contributed by atoms with Crippen LogP contribution in [0.2, 0.25) is 0 Å². The van der Waals surface area contributed by atoms with Gasteiger partial charge in [-0.1, -0.05) is 47.5 Å². The van der Waals surface area contributed by atoms with E-state index in [9.17, 15) is 0 Å². The molecular formula is C14H28. The minimum atomic E-state index is 0.609. The Hall–Kier alpha value is 0. The molecule has 0 unspecified atom stereocenters. The Morgan fingerprint density at radius 1 is 0.786 bits per heavy atom. The van der Waals surface area contributed by atoms with Crippen molar-refractivity contribution in [2.24, 2.45) is 16.7 Å². The fraction of sp³-hybridized carbons (Fsp3) is 1.00. The first kappa shape index (κ1) is 12.1. The van der Waals surface area contributed by atoms with Gasteiger partial charge in [0.1, 0.15) is 0 Å². The summed E-state index contributed by atoms with van der Waals surface area (Å²) in [7, 11) is 0. The van der Waals surface area contributed by atoms with E-state index < -0.39 is 0 Å². The van der Waals surface area contributed by atoms with Crippen molar-refractivity contribution in [1.82, 2.24) is 0 Å². The maximum Gasteiger partial charge on any atom is -0.0303 e. The SMILES string of the molecule is CC(C)C1(C)CCCC(C)(C)CCC1. The zero-order valence-corrected chi connectivity index (χ0v) is 10.8. The molecule has 14 heavy (non-hydrogen) atoms. The van der Waals surface area contributed by atoms with Crippen LogP contribution in [0, 0.1) is 16.7 Å². The van der Waals surface area contributed by atoms with Crippen LogP contribution in [0.5, 0.6) is 0 Å². The van der Waals surface area contributed by atoms with E-state index in [-0.39, 0.29) is 0 Å². The minimum Gasteiger partial charge on any atom is -0.0623 e. The number of hydrogen-bond donors (Lipinski definition) is 0. The fourth-order valence-corrected chi connectivity index (χ4v) is 2.77. The molecular weight excluding hydrogens is 168 g/mol. The Bertz CT molecular complexity index is 164. The Balaban J connectivity index is 2.56. The molecule has 0 aliphatic heterocycles. The van der Waals surface area contributed by atoms with Gasteiger partial charge in [-0.15, -0.1) is 0 Å². The van der Waals surface area contributed by atoms with Crippen LogP contribution in [-0.2, 0) is 0 Å². The molecule has 0 aromatic rings. The third-order valence-electron chi connectivity index (χ3n) is 4.60. The average molecular weight is 196 g/mol. The molecule has 0 spiro atoms. The monoisotopic (exact) mass is 196 g/mol. The van der Waals surface area contributed by atoms with Crippen molar-refractivity contribution in [2.75, 3.05) is 0 Å². The van der Waals surface area contributed by atoms with Crippen LogP contribution >= 0.6 is 0 Å². The lowest BCUT2D eigenvalue weighted by molar-refractivity contribution is 0.127. The van der Waals surface area contributed by atoms with Crippen molar-refractivity contribution in [3.8, 4) is 0 Å². The highest BCUT2D eigenvalue weighted by atomic mass is 14.4. The molecule has 0 aromatic carbocycles. The standard InChI is InChI=1S/C14H28/c1-12(2)14(5)10-6-8-13(3,4)9-7-11-14/h12H,6-11H2,1-5H3. The molecule has 0 bridgehead atoms. The zero-order chi connectivity index (χ0) is 10.8. The van der Waals surface area contributed by atoms with Crippen LogP contribution in [-0.4, -0.2) is 0 Å². The van der Waals surface area contributed by atoms with Gasteiger partial charge in [0.25, 0.3) is 0 Å². The Kier molecular flexibility index (Phi) is 3.66. The summed E-state index contributed by atoms with van der Waals surface area (Å²) in [6.07, 6.45) is 8.59. The lowest BCUT2D eigenvalue weighted by atomic mass is 9.67. The first-order valence-electron chi connectivity index (χ1n) is 6.36. The molecule has 0 aromatic heterocycles. The smallest absolute Gasteiger partial charge is 0.0303 e. The summed E-state index contributed by atoms with van der Waals surface area (Å²) in [4.78, 5) is 0. The molecule has 1 aliphatic carbocycles. The van der Waals surface area contributed by atoms with Gasteiger partial charge in [0.2, 0.25) is 0 Å². The third-order valence-corrected chi connectivity index (χ3v) is 4.60. The molecule has 1 saturated carbocycles. The molecule has 0 heteroatoms. The quantitative estimate of drug-likeness (QED) is 0.552. The summed E-state index contributed by atoms with van der Waals surface area (Å²) >= 11 is 0. The van der Waals surface area contributed by atoms with Gasteiger partial charge in [-0.2, -0.15) is 0 Å². The van der Waals surface area contributed by atoms with Gasteiger partial charge in [0.05, 0.1) is 0 Å².